The summed E-state index contributed by atoms with van der Waals surface area (Å²) >= 11 is 0. The molecule has 1 rings (SSSR count). The average molecular weight is 443 g/mol. The Morgan fingerprint density at radius 3 is 1.97 bits per heavy atom. The van der Waals surface area contributed by atoms with Crippen molar-refractivity contribution in [1.29, 1.82) is 0 Å². The molecular formula is C20H30NO8P. The minimum absolute atomic E-state index is 0.0175. The van der Waals surface area contributed by atoms with Crippen molar-refractivity contribution in [1.82, 2.24) is 0 Å². The van der Waals surface area contributed by atoms with Gasteiger partial charge in [-0.1, -0.05) is 12.1 Å². The summed E-state index contributed by atoms with van der Waals surface area (Å²) in [5.74, 6) is -1.99. The smallest absolute Gasteiger partial charge is 0.345 e. The third-order valence-corrected chi connectivity index (χ3v) is 6.52. The van der Waals surface area contributed by atoms with E-state index in [1.165, 1.54) is 31.2 Å². The molecule has 9 nitrogen and oxygen atoms in total. The lowest BCUT2D eigenvalue weighted by Gasteiger charge is -2.33. The number of nitro groups is 1. The van der Waals surface area contributed by atoms with Crippen molar-refractivity contribution < 1.29 is 32.9 Å². The van der Waals surface area contributed by atoms with Crippen LogP contribution in [0.2, 0.25) is 0 Å². The topological polar surface area (TPSA) is 122 Å². The molecule has 0 radical (unpaired) electrons. The number of esters is 1. The first-order valence-corrected chi connectivity index (χ1v) is 11.3. The standard InChI is InChI=1S/C20H30NO8P/c1-7-27-30(26,28-8-2)18(19(23)29-20(4,5)6)17(13-14(3)22)15-9-11-16(12-10-15)21(24)25/h9-12,17-18H,7-8,13H2,1-6H3. The molecule has 0 aliphatic carbocycles. The molecule has 10 heteroatoms. The van der Waals surface area contributed by atoms with Gasteiger partial charge in [0.2, 0.25) is 0 Å². The second kappa shape index (κ2) is 10.8. The highest BCUT2D eigenvalue weighted by atomic mass is 31.2. The van der Waals surface area contributed by atoms with Crippen LogP contribution in [0.5, 0.6) is 0 Å². The van der Waals surface area contributed by atoms with Gasteiger partial charge < -0.3 is 18.6 Å². The molecule has 2 atom stereocenters. The molecule has 0 heterocycles. The molecule has 0 aliphatic rings. The average Bonchev–Trinajstić information content (AvgIpc) is 2.59. The van der Waals surface area contributed by atoms with E-state index in [0.717, 1.165) is 0 Å². The van der Waals surface area contributed by atoms with Crippen LogP contribution in [0.1, 0.15) is 59.4 Å². The van der Waals surface area contributed by atoms with Crippen molar-refractivity contribution >= 4 is 25.0 Å². The molecule has 2 unspecified atom stereocenters. The first-order valence-electron chi connectivity index (χ1n) is 9.70. The van der Waals surface area contributed by atoms with Crippen molar-refractivity contribution in [3.05, 3.63) is 39.9 Å². The van der Waals surface area contributed by atoms with Crippen LogP contribution >= 0.6 is 7.60 Å². The van der Waals surface area contributed by atoms with Gasteiger partial charge in [-0.3, -0.25) is 19.5 Å². The van der Waals surface area contributed by atoms with E-state index in [1.807, 2.05) is 0 Å². The van der Waals surface area contributed by atoms with Crippen LogP contribution in [-0.2, 0) is 27.9 Å². The SMILES string of the molecule is CCOP(=O)(OCC)C(C(=O)OC(C)(C)C)C(CC(C)=O)c1ccc([N+](=O)[O-])cc1. The van der Waals surface area contributed by atoms with E-state index in [4.69, 9.17) is 13.8 Å². The highest BCUT2D eigenvalue weighted by molar-refractivity contribution is 7.55. The number of ether oxygens (including phenoxy) is 1. The van der Waals surface area contributed by atoms with Gasteiger partial charge in [-0.2, -0.15) is 0 Å². The van der Waals surface area contributed by atoms with E-state index in [9.17, 15) is 24.3 Å². The molecule has 0 bridgehead atoms. The first-order chi connectivity index (χ1) is 13.8. The minimum Gasteiger partial charge on any atom is -0.459 e. The van der Waals surface area contributed by atoms with Crippen LogP contribution in [0.3, 0.4) is 0 Å². The van der Waals surface area contributed by atoms with Crippen molar-refractivity contribution in [2.24, 2.45) is 0 Å². The summed E-state index contributed by atoms with van der Waals surface area (Å²) in [6, 6.07) is 5.40. The Kier molecular flexibility index (Phi) is 9.34. The Hall–Kier alpha value is -2.09. The van der Waals surface area contributed by atoms with Gasteiger partial charge in [-0.05, 0) is 47.1 Å². The van der Waals surface area contributed by atoms with Gasteiger partial charge in [0, 0.05) is 24.5 Å². The number of carbonyl (C=O) groups excluding carboxylic acids is 2. The van der Waals surface area contributed by atoms with Crippen molar-refractivity contribution in [2.45, 2.75) is 65.1 Å². The van der Waals surface area contributed by atoms with Gasteiger partial charge >= 0.3 is 13.6 Å². The van der Waals surface area contributed by atoms with E-state index in [2.05, 4.69) is 0 Å². The molecule has 1 aromatic carbocycles. The lowest BCUT2D eigenvalue weighted by molar-refractivity contribution is -0.384. The second-order valence-electron chi connectivity index (χ2n) is 7.71. The molecule has 0 amide bonds. The van der Waals surface area contributed by atoms with Gasteiger partial charge in [0.15, 0.2) is 5.66 Å². The third-order valence-electron chi connectivity index (χ3n) is 4.03. The molecule has 0 aromatic heterocycles. The summed E-state index contributed by atoms with van der Waals surface area (Å²) in [5.41, 5.74) is -2.02. The summed E-state index contributed by atoms with van der Waals surface area (Å²) in [5, 5.41) is 11.0. The number of benzene rings is 1. The Morgan fingerprint density at radius 2 is 1.60 bits per heavy atom. The number of nitro benzene ring substituents is 1. The molecule has 0 aliphatic heterocycles. The first kappa shape index (κ1) is 25.9. The number of rotatable bonds is 11. The normalized spacial score (nSPS) is 14.1. The quantitative estimate of drug-likeness (QED) is 0.210. The van der Waals surface area contributed by atoms with Crippen molar-refractivity contribution in [3.63, 3.8) is 0 Å². The van der Waals surface area contributed by atoms with Crippen molar-refractivity contribution in [3.8, 4) is 0 Å². The molecule has 0 spiro atoms. The van der Waals surface area contributed by atoms with E-state index in [0.29, 0.717) is 5.56 Å². The Bertz CT molecular complexity index is 790. The number of hydrogen-bond acceptors (Lipinski definition) is 8. The van der Waals surface area contributed by atoms with E-state index in [1.54, 1.807) is 34.6 Å². The fourth-order valence-electron chi connectivity index (χ4n) is 3.00. The van der Waals surface area contributed by atoms with Gasteiger partial charge in [0.05, 0.1) is 18.1 Å². The third kappa shape index (κ3) is 7.31. The van der Waals surface area contributed by atoms with Gasteiger partial charge in [0.25, 0.3) is 5.69 Å². The predicted molar refractivity (Wildman–Crippen MR) is 112 cm³/mol. The number of Topliss-reactive ketones (excluding diaryl/α,β-unsaturated/α-hetero) is 1. The predicted octanol–water partition coefficient (Wildman–Crippen LogP) is 4.63. The number of hydrogen-bond donors (Lipinski definition) is 0. The summed E-state index contributed by atoms with van der Waals surface area (Å²) < 4.78 is 30.0. The Labute approximate surface area is 176 Å². The van der Waals surface area contributed by atoms with E-state index in [-0.39, 0.29) is 31.1 Å². The summed E-state index contributed by atoms with van der Waals surface area (Å²) in [7, 11) is -4.04. The van der Waals surface area contributed by atoms with Gasteiger partial charge in [0.1, 0.15) is 11.4 Å². The van der Waals surface area contributed by atoms with Crippen LogP contribution in [0.4, 0.5) is 5.69 Å². The lowest BCUT2D eigenvalue weighted by atomic mass is 9.90. The Balaban J connectivity index is 3.61. The molecule has 168 valence electrons. The van der Waals surface area contributed by atoms with Crippen LogP contribution < -0.4 is 0 Å². The number of ketones is 1. The lowest BCUT2D eigenvalue weighted by Crippen LogP contribution is -2.37. The molecule has 0 saturated carbocycles. The maximum atomic E-state index is 13.6. The fourth-order valence-corrected chi connectivity index (χ4v) is 5.14. The van der Waals surface area contributed by atoms with Crippen LogP contribution in [0.25, 0.3) is 0 Å². The molecular weight excluding hydrogens is 413 g/mol. The van der Waals surface area contributed by atoms with Crippen molar-refractivity contribution in [2.75, 3.05) is 13.2 Å². The fraction of sp³-hybridized carbons (Fsp3) is 0.600. The zero-order chi connectivity index (χ0) is 23.1. The van der Waals surface area contributed by atoms with Crippen LogP contribution in [-0.4, -0.2) is 41.1 Å². The molecule has 0 saturated heterocycles. The maximum Gasteiger partial charge on any atom is 0.345 e. The number of carbonyl (C=O) groups is 2. The van der Waals surface area contributed by atoms with Gasteiger partial charge in [-0.25, -0.2) is 0 Å². The second-order valence-corrected chi connectivity index (χ2v) is 9.87. The highest BCUT2D eigenvalue weighted by Gasteiger charge is 2.49. The highest BCUT2D eigenvalue weighted by Crippen LogP contribution is 2.58. The van der Waals surface area contributed by atoms with Crippen LogP contribution in [0.15, 0.2) is 24.3 Å². The molecule has 1 aromatic rings. The largest absolute Gasteiger partial charge is 0.459 e. The zero-order valence-corrected chi connectivity index (χ0v) is 19.1. The zero-order valence-electron chi connectivity index (χ0n) is 18.2. The van der Waals surface area contributed by atoms with E-state index < -0.39 is 35.7 Å². The number of nitrogens with zero attached hydrogens (tertiary/aromatic N) is 1. The number of non-ortho nitro benzene ring substituents is 1. The maximum absolute atomic E-state index is 13.6. The summed E-state index contributed by atoms with van der Waals surface area (Å²) in [4.78, 5) is 35.6. The van der Waals surface area contributed by atoms with Crippen LogP contribution in [0, 0.1) is 10.1 Å². The molecule has 0 fully saturated rings. The van der Waals surface area contributed by atoms with Gasteiger partial charge in [-0.15, -0.1) is 0 Å². The molecule has 30 heavy (non-hydrogen) atoms. The summed E-state index contributed by atoms with van der Waals surface area (Å²) in [6.07, 6.45) is -0.147. The minimum atomic E-state index is -4.04. The van der Waals surface area contributed by atoms with E-state index >= 15 is 0 Å². The molecule has 0 N–H and O–H groups in total. The Morgan fingerprint density at radius 1 is 1.10 bits per heavy atom. The summed E-state index contributed by atoms with van der Waals surface area (Å²) in [6.45, 7) is 9.61. The monoisotopic (exact) mass is 443 g/mol.